The molecule has 18 heavy (non-hydrogen) atoms. The maximum atomic E-state index is 12.0. The van der Waals surface area contributed by atoms with Crippen molar-refractivity contribution >= 4 is 11.9 Å². The van der Waals surface area contributed by atoms with Crippen LogP contribution in [0.1, 0.15) is 39.0 Å². The van der Waals surface area contributed by atoms with Crippen LogP contribution in [0.2, 0.25) is 0 Å². The molecule has 3 unspecified atom stereocenters. The van der Waals surface area contributed by atoms with Crippen LogP contribution in [0.15, 0.2) is 0 Å². The number of hydrogen-bond donors (Lipinski definition) is 3. The normalized spacial score (nSPS) is 30.8. The number of amides is 1. The van der Waals surface area contributed by atoms with Crippen LogP contribution in [0.3, 0.4) is 0 Å². The molecule has 5 heteroatoms. The fourth-order valence-corrected chi connectivity index (χ4v) is 2.89. The average molecular weight is 254 g/mol. The Morgan fingerprint density at radius 3 is 2.56 bits per heavy atom. The van der Waals surface area contributed by atoms with Crippen molar-refractivity contribution in [1.82, 2.24) is 5.32 Å². The smallest absolute Gasteiger partial charge is 0.306 e. The Morgan fingerprint density at radius 1 is 1.33 bits per heavy atom. The monoisotopic (exact) mass is 254 g/mol. The number of carbonyl (C=O) groups is 2. The second-order valence-electron chi connectivity index (χ2n) is 5.90. The molecule has 2 aliphatic carbocycles. The lowest BCUT2D eigenvalue weighted by atomic mass is 9.93. The maximum Gasteiger partial charge on any atom is 0.306 e. The van der Waals surface area contributed by atoms with Crippen molar-refractivity contribution in [3.05, 3.63) is 0 Å². The number of aliphatic carboxylic acids is 1. The van der Waals surface area contributed by atoms with Crippen molar-refractivity contribution in [2.24, 2.45) is 23.5 Å². The van der Waals surface area contributed by atoms with Crippen molar-refractivity contribution < 1.29 is 14.7 Å². The van der Waals surface area contributed by atoms with Crippen LogP contribution < -0.4 is 11.1 Å². The van der Waals surface area contributed by atoms with Gasteiger partial charge in [-0.3, -0.25) is 9.59 Å². The molecule has 1 amide bonds. The minimum atomic E-state index is -0.794. The summed E-state index contributed by atoms with van der Waals surface area (Å²) in [5, 5.41) is 11.9. The third-order valence-electron chi connectivity index (χ3n) is 4.42. The van der Waals surface area contributed by atoms with Crippen molar-refractivity contribution in [3.63, 3.8) is 0 Å². The Hall–Kier alpha value is -1.10. The molecule has 0 aromatic carbocycles. The molecule has 2 fully saturated rings. The third kappa shape index (κ3) is 2.66. The van der Waals surface area contributed by atoms with Crippen molar-refractivity contribution in [2.45, 2.75) is 44.6 Å². The van der Waals surface area contributed by atoms with Crippen LogP contribution in [0, 0.1) is 17.8 Å². The molecule has 0 aromatic heterocycles. The molecule has 0 aliphatic heterocycles. The van der Waals surface area contributed by atoms with Gasteiger partial charge in [-0.2, -0.15) is 0 Å². The van der Waals surface area contributed by atoms with Crippen LogP contribution >= 0.6 is 0 Å². The molecule has 102 valence electrons. The van der Waals surface area contributed by atoms with E-state index in [1.54, 1.807) is 6.92 Å². The molecular weight excluding hydrogens is 232 g/mol. The average Bonchev–Trinajstić information content (AvgIpc) is 3.05. The summed E-state index contributed by atoms with van der Waals surface area (Å²) in [5.74, 6) is -0.849. The van der Waals surface area contributed by atoms with Gasteiger partial charge in [-0.1, -0.05) is 6.42 Å². The van der Waals surface area contributed by atoms with E-state index in [-0.39, 0.29) is 23.7 Å². The Bertz CT molecular complexity index is 350. The zero-order valence-corrected chi connectivity index (χ0v) is 10.8. The predicted molar refractivity (Wildman–Crippen MR) is 66.8 cm³/mol. The molecule has 0 bridgehead atoms. The standard InChI is InChI=1S/C13H22N2O3/c1-13(14,9-5-6-9)12(18)15-7-8-3-2-4-10(8)11(16)17/h8-10H,2-7,14H2,1H3,(H,15,18)(H,16,17). The first-order valence-corrected chi connectivity index (χ1v) is 6.73. The second-order valence-corrected chi connectivity index (χ2v) is 5.90. The summed E-state index contributed by atoms with van der Waals surface area (Å²) in [7, 11) is 0. The van der Waals surface area contributed by atoms with Gasteiger partial charge < -0.3 is 16.2 Å². The number of carboxylic acid groups (broad SMARTS) is 1. The van der Waals surface area contributed by atoms with Crippen molar-refractivity contribution in [2.75, 3.05) is 6.54 Å². The van der Waals surface area contributed by atoms with Gasteiger partial charge >= 0.3 is 5.97 Å². The second kappa shape index (κ2) is 4.88. The molecule has 3 atom stereocenters. The SMILES string of the molecule is CC(N)(C(=O)NCC1CCCC1C(=O)O)C1CC1. The summed E-state index contributed by atoms with van der Waals surface area (Å²) in [4.78, 5) is 23.0. The Balaban J connectivity index is 1.84. The summed E-state index contributed by atoms with van der Waals surface area (Å²) in [6.45, 7) is 2.21. The zero-order valence-electron chi connectivity index (χ0n) is 10.8. The van der Waals surface area contributed by atoms with Gasteiger partial charge in [-0.25, -0.2) is 0 Å². The van der Waals surface area contributed by atoms with Crippen LogP contribution in [0.25, 0.3) is 0 Å². The van der Waals surface area contributed by atoms with Gasteiger partial charge in [-0.05, 0) is 44.4 Å². The van der Waals surface area contributed by atoms with E-state index in [1.165, 1.54) is 0 Å². The van der Waals surface area contributed by atoms with Crippen LogP contribution in [0.4, 0.5) is 0 Å². The van der Waals surface area contributed by atoms with E-state index in [0.717, 1.165) is 32.1 Å². The summed E-state index contributed by atoms with van der Waals surface area (Å²) in [5.41, 5.74) is 5.22. The Kier molecular flexibility index (Phi) is 3.61. The van der Waals surface area contributed by atoms with Gasteiger partial charge in [-0.15, -0.1) is 0 Å². The number of nitrogens with one attached hydrogen (secondary N) is 1. The molecular formula is C13H22N2O3. The fourth-order valence-electron chi connectivity index (χ4n) is 2.89. The zero-order chi connectivity index (χ0) is 13.3. The van der Waals surface area contributed by atoms with E-state index in [4.69, 9.17) is 10.8 Å². The molecule has 2 rings (SSSR count). The highest BCUT2D eigenvalue weighted by atomic mass is 16.4. The lowest BCUT2D eigenvalue weighted by Gasteiger charge is -2.25. The van der Waals surface area contributed by atoms with E-state index >= 15 is 0 Å². The molecule has 0 radical (unpaired) electrons. The molecule has 2 saturated carbocycles. The van der Waals surface area contributed by atoms with Crippen LogP contribution in [-0.2, 0) is 9.59 Å². The van der Waals surface area contributed by atoms with Crippen molar-refractivity contribution in [1.29, 1.82) is 0 Å². The van der Waals surface area contributed by atoms with E-state index in [9.17, 15) is 9.59 Å². The third-order valence-corrected chi connectivity index (χ3v) is 4.42. The topological polar surface area (TPSA) is 92.4 Å². The van der Waals surface area contributed by atoms with Gasteiger partial charge in [0.05, 0.1) is 11.5 Å². The highest BCUT2D eigenvalue weighted by molar-refractivity contribution is 5.86. The number of carboxylic acids is 1. The maximum absolute atomic E-state index is 12.0. The van der Waals surface area contributed by atoms with E-state index in [1.807, 2.05) is 0 Å². The van der Waals surface area contributed by atoms with Crippen molar-refractivity contribution in [3.8, 4) is 0 Å². The molecule has 0 aromatic rings. The number of carbonyl (C=O) groups excluding carboxylic acids is 1. The lowest BCUT2D eigenvalue weighted by molar-refractivity contribution is -0.143. The molecule has 4 N–H and O–H groups in total. The minimum Gasteiger partial charge on any atom is -0.481 e. The summed E-state index contributed by atoms with van der Waals surface area (Å²) >= 11 is 0. The largest absolute Gasteiger partial charge is 0.481 e. The first kappa shape index (κ1) is 13.3. The van der Waals surface area contributed by atoms with Gasteiger partial charge in [0.15, 0.2) is 0 Å². The number of nitrogens with two attached hydrogens (primary N) is 1. The van der Waals surface area contributed by atoms with Gasteiger partial charge in [0.2, 0.25) is 5.91 Å². The summed E-state index contributed by atoms with van der Waals surface area (Å²) in [6.07, 6.45) is 4.56. The van der Waals surface area contributed by atoms with E-state index < -0.39 is 11.5 Å². The van der Waals surface area contributed by atoms with E-state index in [0.29, 0.717) is 6.54 Å². The molecule has 0 heterocycles. The fraction of sp³-hybridized carbons (Fsp3) is 0.846. The van der Waals surface area contributed by atoms with Crippen LogP contribution in [-0.4, -0.2) is 29.1 Å². The Labute approximate surface area is 107 Å². The molecule has 2 aliphatic rings. The Morgan fingerprint density at radius 2 is 2.00 bits per heavy atom. The van der Waals surface area contributed by atoms with Gasteiger partial charge in [0.25, 0.3) is 0 Å². The number of rotatable bonds is 5. The van der Waals surface area contributed by atoms with Gasteiger partial charge in [0.1, 0.15) is 0 Å². The summed E-state index contributed by atoms with van der Waals surface area (Å²) < 4.78 is 0. The van der Waals surface area contributed by atoms with Gasteiger partial charge in [0, 0.05) is 6.54 Å². The summed E-state index contributed by atoms with van der Waals surface area (Å²) in [6, 6.07) is 0. The highest BCUT2D eigenvalue weighted by Gasteiger charge is 2.44. The van der Waals surface area contributed by atoms with E-state index in [2.05, 4.69) is 5.32 Å². The minimum absolute atomic E-state index is 0.0569. The number of hydrogen-bond acceptors (Lipinski definition) is 3. The highest BCUT2D eigenvalue weighted by Crippen LogP contribution is 2.38. The lowest BCUT2D eigenvalue weighted by Crippen LogP contribution is -2.54. The molecule has 0 spiro atoms. The quantitative estimate of drug-likeness (QED) is 0.674. The first-order valence-electron chi connectivity index (χ1n) is 6.73. The molecule has 0 saturated heterocycles. The predicted octanol–water partition coefficient (Wildman–Crippen LogP) is 0.731. The first-order chi connectivity index (χ1) is 8.43. The molecule has 5 nitrogen and oxygen atoms in total. The van der Waals surface area contributed by atoms with Crippen LogP contribution in [0.5, 0.6) is 0 Å².